The summed E-state index contributed by atoms with van der Waals surface area (Å²) in [5.74, 6) is 0.688. The van der Waals surface area contributed by atoms with E-state index in [1.165, 1.54) is 0 Å². The number of nitrogen functional groups attached to an aromatic ring is 1. The van der Waals surface area contributed by atoms with Gasteiger partial charge < -0.3 is 15.8 Å². The maximum atomic E-state index is 5.84. The molecule has 1 aromatic heterocycles. The van der Waals surface area contributed by atoms with Crippen LogP contribution in [0.3, 0.4) is 0 Å². The zero-order chi connectivity index (χ0) is 11.5. The number of nitrogens with two attached hydrogens (primary N) is 1. The van der Waals surface area contributed by atoms with Gasteiger partial charge >= 0.3 is 0 Å². The van der Waals surface area contributed by atoms with Crippen LogP contribution in [0.15, 0.2) is 23.6 Å². The molecular formula is C11H13N3OS. The van der Waals surface area contributed by atoms with Crippen LogP contribution >= 0.6 is 11.3 Å². The number of methoxy groups -OCH3 is 1. The van der Waals surface area contributed by atoms with Gasteiger partial charge in [0, 0.05) is 18.0 Å². The Hall–Kier alpha value is -1.75. The van der Waals surface area contributed by atoms with Crippen LogP contribution in [-0.2, 0) is 0 Å². The first kappa shape index (κ1) is 10.8. The molecule has 1 heterocycles. The summed E-state index contributed by atoms with van der Waals surface area (Å²) in [7, 11) is 3.46. The molecular weight excluding hydrogens is 222 g/mol. The number of hydrogen-bond donors (Lipinski definition) is 2. The molecule has 0 aliphatic heterocycles. The van der Waals surface area contributed by atoms with Crippen LogP contribution in [0.2, 0.25) is 0 Å². The highest BCUT2D eigenvalue weighted by Crippen LogP contribution is 2.30. The van der Waals surface area contributed by atoms with E-state index in [2.05, 4.69) is 10.3 Å². The molecule has 16 heavy (non-hydrogen) atoms. The topological polar surface area (TPSA) is 60.2 Å². The van der Waals surface area contributed by atoms with Crippen molar-refractivity contribution in [1.82, 2.24) is 4.98 Å². The quantitative estimate of drug-likeness (QED) is 0.802. The van der Waals surface area contributed by atoms with Crippen LogP contribution in [0.1, 0.15) is 0 Å². The summed E-state index contributed by atoms with van der Waals surface area (Å²) in [6, 6.07) is 5.67. The number of rotatable bonds is 3. The van der Waals surface area contributed by atoms with Gasteiger partial charge in [-0.15, -0.1) is 11.3 Å². The number of nitrogens with zero attached hydrogens (tertiary/aromatic N) is 1. The van der Waals surface area contributed by atoms with E-state index >= 15 is 0 Å². The van der Waals surface area contributed by atoms with Gasteiger partial charge in [-0.3, -0.25) is 0 Å². The second-order valence-electron chi connectivity index (χ2n) is 3.24. The molecule has 1 aromatic carbocycles. The van der Waals surface area contributed by atoms with Gasteiger partial charge in [0.05, 0.1) is 18.5 Å². The smallest absolute Gasteiger partial charge is 0.182 e. The fourth-order valence-corrected chi connectivity index (χ4v) is 2.10. The van der Waals surface area contributed by atoms with Gasteiger partial charge in [-0.2, -0.15) is 0 Å². The molecule has 0 aliphatic carbocycles. The molecule has 0 atom stereocenters. The maximum Gasteiger partial charge on any atom is 0.182 e. The van der Waals surface area contributed by atoms with Crippen molar-refractivity contribution in [2.75, 3.05) is 25.2 Å². The van der Waals surface area contributed by atoms with Crippen LogP contribution < -0.4 is 15.8 Å². The Balaban J connectivity index is 2.37. The lowest BCUT2D eigenvalue weighted by Crippen LogP contribution is -1.92. The van der Waals surface area contributed by atoms with Crippen LogP contribution in [-0.4, -0.2) is 19.1 Å². The third-order valence-electron chi connectivity index (χ3n) is 2.24. The zero-order valence-corrected chi connectivity index (χ0v) is 9.97. The Morgan fingerprint density at radius 3 is 2.81 bits per heavy atom. The second-order valence-corrected chi connectivity index (χ2v) is 4.10. The standard InChI is InChI=1S/C11H13N3OS/c1-13-11-14-9(6-16-11)7-3-4-10(15-2)8(12)5-7/h3-6H,12H2,1-2H3,(H,13,14). The maximum absolute atomic E-state index is 5.84. The van der Waals surface area contributed by atoms with Crippen LogP contribution in [0, 0.1) is 0 Å². The molecule has 4 nitrogen and oxygen atoms in total. The minimum Gasteiger partial charge on any atom is -0.495 e. The summed E-state index contributed by atoms with van der Waals surface area (Å²) in [5, 5.41) is 5.89. The number of thiazole rings is 1. The van der Waals surface area contributed by atoms with Gasteiger partial charge in [0.2, 0.25) is 0 Å². The first-order chi connectivity index (χ1) is 7.74. The Morgan fingerprint density at radius 1 is 1.44 bits per heavy atom. The van der Waals surface area contributed by atoms with Crippen molar-refractivity contribution in [1.29, 1.82) is 0 Å². The molecule has 5 heteroatoms. The average Bonchev–Trinajstić information content (AvgIpc) is 2.77. The molecule has 2 rings (SSSR count). The number of hydrogen-bond acceptors (Lipinski definition) is 5. The number of benzene rings is 1. The zero-order valence-electron chi connectivity index (χ0n) is 9.15. The van der Waals surface area contributed by atoms with Crippen molar-refractivity contribution in [3.63, 3.8) is 0 Å². The van der Waals surface area contributed by atoms with E-state index in [1.54, 1.807) is 18.4 Å². The number of nitrogens with one attached hydrogen (secondary N) is 1. The molecule has 0 fully saturated rings. The minimum absolute atomic E-state index is 0.624. The Bertz CT molecular complexity index is 496. The first-order valence-corrected chi connectivity index (χ1v) is 5.69. The van der Waals surface area contributed by atoms with Crippen molar-refractivity contribution >= 4 is 22.2 Å². The second kappa shape index (κ2) is 4.40. The molecule has 84 valence electrons. The highest BCUT2D eigenvalue weighted by atomic mass is 32.1. The van der Waals surface area contributed by atoms with Gasteiger partial charge in [-0.25, -0.2) is 4.98 Å². The third-order valence-corrected chi connectivity index (χ3v) is 3.10. The van der Waals surface area contributed by atoms with Crippen LogP contribution in [0.25, 0.3) is 11.3 Å². The van der Waals surface area contributed by atoms with E-state index in [0.717, 1.165) is 16.4 Å². The molecule has 0 aliphatic rings. The Morgan fingerprint density at radius 2 is 2.25 bits per heavy atom. The van der Waals surface area contributed by atoms with Crippen molar-refractivity contribution in [3.05, 3.63) is 23.6 Å². The molecule has 0 unspecified atom stereocenters. The van der Waals surface area contributed by atoms with E-state index < -0.39 is 0 Å². The summed E-state index contributed by atoms with van der Waals surface area (Å²) in [6.45, 7) is 0. The lowest BCUT2D eigenvalue weighted by Gasteiger charge is -2.05. The van der Waals surface area contributed by atoms with E-state index in [-0.39, 0.29) is 0 Å². The number of aromatic nitrogens is 1. The first-order valence-electron chi connectivity index (χ1n) is 4.81. The fourth-order valence-electron chi connectivity index (χ4n) is 1.41. The predicted molar refractivity (Wildman–Crippen MR) is 68.1 cm³/mol. The molecule has 0 spiro atoms. The van der Waals surface area contributed by atoms with Crippen LogP contribution in [0.4, 0.5) is 10.8 Å². The Kier molecular flexibility index (Phi) is 2.96. The Labute approximate surface area is 98.1 Å². The molecule has 2 aromatic rings. The average molecular weight is 235 g/mol. The monoisotopic (exact) mass is 235 g/mol. The molecule has 0 saturated heterocycles. The molecule has 0 saturated carbocycles. The van der Waals surface area contributed by atoms with Gasteiger partial charge in [0.1, 0.15) is 5.75 Å². The van der Waals surface area contributed by atoms with Gasteiger partial charge in [0.15, 0.2) is 5.13 Å². The van der Waals surface area contributed by atoms with Gasteiger partial charge in [-0.05, 0) is 18.2 Å². The van der Waals surface area contributed by atoms with Gasteiger partial charge in [-0.1, -0.05) is 0 Å². The van der Waals surface area contributed by atoms with Crippen molar-refractivity contribution in [3.8, 4) is 17.0 Å². The summed E-state index contributed by atoms with van der Waals surface area (Å²) in [5.41, 5.74) is 8.38. The predicted octanol–water partition coefficient (Wildman–Crippen LogP) is 2.44. The lowest BCUT2D eigenvalue weighted by molar-refractivity contribution is 0.417. The van der Waals surface area contributed by atoms with Crippen molar-refractivity contribution in [2.45, 2.75) is 0 Å². The van der Waals surface area contributed by atoms with E-state index in [0.29, 0.717) is 11.4 Å². The number of ether oxygens (including phenoxy) is 1. The lowest BCUT2D eigenvalue weighted by atomic mass is 10.1. The summed E-state index contributed by atoms with van der Waals surface area (Å²) < 4.78 is 5.11. The highest BCUT2D eigenvalue weighted by molar-refractivity contribution is 7.14. The van der Waals surface area contributed by atoms with Crippen molar-refractivity contribution < 1.29 is 4.74 Å². The van der Waals surface area contributed by atoms with E-state index in [1.807, 2.05) is 30.6 Å². The van der Waals surface area contributed by atoms with Crippen molar-refractivity contribution in [2.24, 2.45) is 0 Å². The van der Waals surface area contributed by atoms with Crippen LogP contribution in [0.5, 0.6) is 5.75 Å². The molecule has 0 radical (unpaired) electrons. The van der Waals surface area contributed by atoms with E-state index in [9.17, 15) is 0 Å². The van der Waals surface area contributed by atoms with E-state index in [4.69, 9.17) is 10.5 Å². The normalized spacial score (nSPS) is 10.1. The summed E-state index contributed by atoms with van der Waals surface area (Å²) in [6.07, 6.45) is 0. The summed E-state index contributed by atoms with van der Waals surface area (Å²) in [4.78, 5) is 4.41. The minimum atomic E-state index is 0.624. The fraction of sp³-hybridized carbons (Fsp3) is 0.182. The molecule has 0 bridgehead atoms. The largest absolute Gasteiger partial charge is 0.495 e. The summed E-state index contributed by atoms with van der Waals surface area (Å²) >= 11 is 1.57. The third kappa shape index (κ3) is 1.94. The SMILES string of the molecule is CNc1nc(-c2ccc(OC)c(N)c2)cs1. The molecule has 0 amide bonds. The number of anilines is 2. The highest BCUT2D eigenvalue weighted by Gasteiger charge is 2.06. The molecule has 3 N–H and O–H groups in total. The van der Waals surface area contributed by atoms with Gasteiger partial charge in [0.25, 0.3) is 0 Å².